The van der Waals surface area contributed by atoms with E-state index < -0.39 is 0 Å². The number of rotatable bonds is 6. The second-order valence-corrected chi connectivity index (χ2v) is 5.37. The van der Waals surface area contributed by atoms with Crippen LogP contribution in [-0.2, 0) is 11.2 Å². The van der Waals surface area contributed by atoms with Crippen molar-refractivity contribution in [3.63, 3.8) is 0 Å². The van der Waals surface area contributed by atoms with Crippen molar-refractivity contribution in [1.29, 1.82) is 0 Å². The molecule has 1 aromatic carbocycles. The molecule has 2 rings (SSSR count). The van der Waals surface area contributed by atoms with Crippen LogP contribution in [0.5, 0.6) is 0 Å². The van der Waals surface area contributed by atoms with Crippen molar-refractivity contribution in [1.82, 2.24) is 4.98 Å². The number of hydrogen-bond donors (Lipinski definition) is 2. The predicted octanol–water partition coefficient (Wildman–Crippen LogP) is 3.62. The monoisotopic (exact) mass is 345 g/mol. The third-order valence-electron chi connectivity index (χ3n) is 2.73. The summed E-state index contributed by atoms with van der Waals surface area (Å²) in [5.41, 5.74) is 1.64. The van der Waals surface area contributed by atoms with Gasteiger partial charge in [-0.3, -0.25) is 4.79 Å². The minimum Gasteiger partial charge on any atom is -0.367 e. The quantitative estimate of drug-likeness (QED) is 0.786. The number of pyridine rings is 1. The van der Waals surface area contributed by atoms with E-state index in [1.54, 1.807) is 12.3 Å². The average molecular weight is 346 g/mol. The highest BCUT2D eigenvalue weighted by atomic mass is 79.9. The second kappa shape index (κ2) is 7.59. The number of aromatic nitrogens is 1. The number of halogens is 1. The predicted molar refractivity (Wildman–Crippen MR) is 89.4 cm³/mol. The molecule has 1 heterocycles. The minimum atomic E-state index is -0.0679. The summed E-state index contributed by atoms with van der Waals surface area (Å²) in [6.45, 7) is 4.28. The first kappa shape index (κ1) is 15.3. The van der Waals surface area contributed by atoms with Crippen molar-refractivity contribution in [2.45, 2.75) is 6.42 Å². The molecule has 0 saturated carbocycles. The van der Waals surface area contributed by atoms with Gasteiger partial charge in [-0.15, -0.1) is 6.58 Å². The molecule has 21 heavy (non-hydrogen) atoms. The highest BCUT2D eigenvalue weighted by Crippen LogP contribution is 2.13. The summed E-state index contributed by atoms with van der Waals surface area (Å²) in [6.07, 6.45) is 3.72. The smallest absolute Gasteiger partial charge is 0.228 e. The topological polar surface area (TPSA) is 54.0 Å². The van der Waals surface area contributed by atoms with Gasteiger partial charge in [0.2, 0.25) is 5.91 Å². The number of carbonyl (C=O) groups is 1. The Morgan fingerprint density at radius 2 is 2.19 bits per heavy atom. The van der Waals surface area contributed by atoms with E-state index in [2.05, 4.69) is 38.1 Å². The first-order chi connectivity index (χ1) is 10.2. The molecule has 0 saturated heterocycles. The number of amides is 1. The molecule has 2 N–H and O–H groups in total. The molecule has 4 nitrogen and oxygen atoms in total. The van der Waals surface area contributed by atoms with Crippen molar-refractivity contribution < 1.29 is 4.79 Å². The fourth-order valence-electron chi connectivity index (χ4n) is 1.79. The first-order valence-electron chi connectivity index (χ1n) is 6.52. The lowest BCUT2D eigenvalue weighted by Crippen LogP contribution is -2.14. The molecule has 0 aliphatic heterocycles. The number of anilines is 2. The fraction of sp³-hybridized carbons (Fsp3) is 0.125. The lowest BCUT2D eigenvalue weighted by Gasteiger charge is -2.07. The Labute approximate surface area is 132 Å². The van der Waals surface area contributed by atoms with Crippen LogP contribution in [0.15, 0.2) is 59.7 Å². The van der Waals surface area contributed by atoms with E-state index in [0.717, 1.165) is 15.9 Å². The summed E-state index contributed by atoms with van der Waals surface area (Å²) in [4.78, 5) is 16.2. The zero-order chi connectivity index (χ0) is 15.1. The summed E-state index contributed by atoms with van der Waals surface area (Å²) in [6, 6.07) is 11.3. The Hall–Kier alpha value is -2.14. The van der Waals surface area contributed by atoms with Crippen LogP contribution in [-0.4, -0.2) is 17.4 Å². The lowest BCUT2D eigenvalue weighted by atomic mass is 10.1. The molecular weight excluding hydrogens is 330 g/mol. The van der Waals surface area contributed by atoms with Crippen molar-refractivity contribution in [3.05, 3.63) is 65.3 Å². The number of hydrogen-bond acceptors (Lipinski definition) is 3. The van der Waals surface area contributed by atoms with Gasteiger partial charge in [0, 0.05) is 11.0 Å². The van der Waals surface area contributed by atoms with Crippen LogP contribution in [0, 0.1) is 0 Å². The summed E-state index contributed by atoms with van der Waals surface area (Å²) in [5.74, 6) is 0.682. The van der Waals surface area contributed by atoms with Crippen LogP contribution in [0.4, 0.5) is 11.5 Å². The van der Waals surface area contributed by atoms with Gasteiger partial charge in [0.25, 0.3) is 0 Å². The number of nitrogens with zero attached hydrogens (tertiary/aromatic N) is 1. The normalized spacial score (nSPS) is 9.95. The maximum Gasteiger partial charge on any atom is 0.228 e. The number of benzene rings is 1. The van der Waals surface area contributed by atoms with Crippen LogP contribution >= 0.6 is 15.9 Å². The molecule has 2 aromatic rings. The zero-order valence-corrected chi connectivity index (χ0v) is 13.1. The van der Waals surface area contributed by atoms with Crippen molar-refractivity contribution >= 4 is 33.3 Å². The first-order valence-corrected chi connectivity index (χ1v) is 7.32. The maximum absolute atomic E-state index is 12.0. The van der Waals surface area contributed by atoms with Gasteiger partial charge in [0.1, 0.15) is 5.82 Å². The van der Waals surface area contributed by atoms with Crippen molar-refractivity contribution in [3.8, 4) is 0 Å². The van der Waals surface area contributed by atoms with Crippen LogP contribution in [0.25, 0.3) is 0 Å². The van der Waals surface area contributed by atoms with Gasteiger partial charge in [-0.25, -0.2) is 4.98 Å². The van der Waals surface area contributed by atoms with E-state index in [9.17, 15) is 4.79 Å². The zero-order valence-electron chi connectivity index (χ0n) is 11.5. The molecule has 0 radical (unpaired) electrons. The Morgan fingerprint density at radius 1 is 1.33 bits per heavy atom. The molecule has 0 bridgehead atoms. The standard InChI is InChI=1S/C16H16BrN3O/c1-2-8-18-15-7-6-14(11-19-15)20-16(21)10-12-4-3-5-13(17)9-12/h2-7,9,11H,1,8,10H2,(H,18,19)(H,20,21). The van der Waals surface area contributed by atoms with Gasteiger partial charge in [0.15, 0.2) is 0 Å². The van der Waals surface area contributed by atoms with Crippen LogP contribution in [0.1, 0.15) is 5.56 Å². The van der Waals surface area contributed by atoms with E-state index in [4.69, 9.17) is 0 Å². The molecular formula is C16H16BrN3O. The Kier molecular flexibility index (Phi) is 5.51. The highest BCUT2D eigenvalue weighted by Gasteiger charge is 2.05. The molecule has 0 atom stereocenters. The van der Waals surface area contributed by atoms with E-state index >= 15 is 0 Å². The van der Waals surface area contributed by atoms with E-state index in [1.807, 2.05) is 36.4 Å². The summed E-state index contributed by atoms with van der Waals surface area (Å²) in [5, 5.41) is 5.90. The van der Waals surface area contributed by atoms with Crippen LogP contribution in [0.2, 0.25) is 0 Å². The highest BCUT2D eigenvalue weighted by molar-refractivity contribution is 9.10. The molecule has 1 aromatic heterocycles. The van der Waals surface area contributed by atoms with E-state index in [0.29, 0.717) is 18.7 Å². The fourth-order valence-corrected chi connectivity index (χ4v) is 2.23. The Bertz CT molecular complexity index is 626. The van der Waals surface area contributed by atoms with Crippen molar-refractivity contribution in [2.75, 3.05) is 17.2 Å². The molecule has 0 aliphatic rings. The number of nitrogens with one attached hydrogen (secondary N) is 2. The summed E-state index contributed by atoms with van der Waals surface area (Å²) in [7, 11) is 0. The molecule has 0 aliphatic carbocycles. The Morgan fingerprint density at radius 3 is 2.86 bits per heavy atom. The minimum absolute atomic E-state index is 0.0679. The van der Waals surface area contributed by atoms with Crippen LogP contribution in [0.3, 0.4) is 0 Å². The lowest BCUT2D eigenvalue weighted by molar-refractivity contribution is -0.115. The van der Waals surface area contributed by atoms with E-state index in [-0.39, 0.29) is 5.91 Å². The van der Waals surface area contributed by atoms with Crippen LogP contribution < -0.4 is 10.6 Å². The third-order valence-corrected chi connectivity index (χ3v) is 3.22. The maximum atomic E-state index is 12.0. The Balaban J connectivity index is 1.91. The molecule has 1 amide bonds. The third kappa shape index (κ3) is 5.04. The molecule has 0 fully saturated rings. The molecule has 5 heteroatoms. The van der Waals surface area contributed by atoms with Gasteiger partial charge in [-0.05, 0) is 29.8 Å². The second-order valence-electron chi connectivity index (χ2n) is 4.46. The molecule has 0 unspecified atom stereocenters. The summed E-state index contributed by atoms with van der Waals surface area (Å²) >= 11 is 3.39. The van der Waals surface area contributed by atoms with Gasteiger partial charge in [-0.2, -0.15) is 0 Å². The largest absolute Gasteiger partial charge is 0.367 e. The van der Waals surface area contributed by atoms with Gasteiger partial charge in [-0.1, -0.05) is 34.1 Å². The number of carbonyl (C=O) groups excluding carboxylic acids is 1. The molecule has 0 spiro atoms. The average Bonchev–Trinajstić information content (AvgIpc) is 2.46. The molecule has 108 valence electrons. The summed E-state index contributed by atoms with van der Waals surface area (Å²) < 4.78 is 0.965. The van der Waals surface area contributed by atoms with Crippen molar-refractivity contribution in [2.24, 2.45) is 0 Å². The SMILES string of the molecule is C=CCNc1ccc(NC(=O)Cc2cccc(Br)c2)cn1. The van der Waals surface area contributed by atoms with Gasteiger partial charge in [0.05, 0.1) is 18.3 Å². The van der Waals surface area contributed by atoms with E-state index in [1.165, 1.54) is 0 Å². The van der Waals surface area contributed by atoms with Gasteiger partial charge >= 0.3 is 0 Å². The van der Waals surface area contributed by atoms with Gasteiger partial charge < -0.3 is 10.6 Å².